The zero-order valence-corrected chi connectivity index (χ0v) is 56.7. The number of para-hydroxylation sites is 1. The molecule has 9 aromatic rings. The molecule has 1 saturated carbocycles. The first-order valence-corrected chi connectivity index (χ1v) is 34.2. The highest BCUT2D eigenvalue weighted by Crippen LogP contribution is 2.63. The SMILES string of the molecule is CC(C)(C)c1ccc(-c2ccc3c(c2)C2(C)CCCCC2(C)N3c2cc3c4c(c2)N(c2cccc5oc6ccccc6c25)c2cc5c(cc2B4c2cc4c(cc2N3c2ccc3c(c2)C(C)(C)CCC3(C)C)C(C)(C)CCC4(C)C)C(C)(C)CCC5(C)C)cc1. The highest BCUT2D eigenvalue weighted by atomic mass is 16.3. The molecule has 0 amide bonds. The molecule has 5 heteroatoms. The van der Waals surface area contributed by atoms with Crippen LogP contribution in [0.25, 0.3) is 33.1 Å². The first-order valence-electron chi connectivity index (χ1n) is 34.2. The van der Waals surface area contributed by atoms with Gasteiger partial charge in [-0.25, -0.2) is 0 Å². The van der Waals surface area contributed by atoms with E-state index in [1.807, 2.05) is 0 Å². The van der Waals surface area contributed by atoms with Crippen LogP contribution in [-0.4, -0.2) is 12.3 Å². The van der Waals surface area contributed by atoms with Crippen molar-refractivity contribution in [3.05, 3.63) is 184 Å². The fourth-order valence-corrected chi connectivity index (χ4v) is 18.9. The molecule has 1 aromatic heterocycles. The monoisotopic (exact) mass is 1170 g/mol. The van der Waals surface area contributed by atoms with Crippen molar-refractivity contribution in [2.45, 2.75) is 231 Å². The van der Waals surface area contributed by atoms with Gasteiger partial charge in [0.2, 0.25) is 0 Å². The summed E-state index contributed by atoms with van der Waals surface area (Å²) in [5.41, 5.74) is 30.5. The van der Waals surface area contributed by atoms with Gasteiger partial charge in [-0.15, -0.1) is 0 Å². The maximum Gasteiger partial charge on any atom is 0.252 e. The van der Waals surface area contributed by atoms with Crippen LogP contribution in [0.4, 0.5) is 45.5 Å². The molecule has 0 bridgehead atoms. The summed E-state index contributed by atoms with van der Waals surface area (Å²) in [5, 5.41) is 2.31. The van der Waals surface area contributed by atoms with Crippen LogP contribution in [0.1, 0.15) is 226 Å². The Hall–Kier alpha value is -6.98. The van der Waals surface area contributed by atoms with Crippen molar-refractivity contribution >= 4 is 90.5 Å². The number of nitrogens with zero attached hydrogens (tertiary/aromatic N) is 3. The summed E-state index contributed by atoms with van der Waals surface area (Å²) in [5.74, 6) is 0. The molecular weight excluding hydrogens is 1080 g/mol. The molecule has 7 aliphatic rings. The van der Waals surface area contributed by atoms with E-state index in [4.69, 9.17) is 4.42 Å². The fourth-order valence-electron chi connectivity index (χ4n) is 18.9. The summed E-state index contributed by atoms with van der Waals surface area (Å²) in [6.07, 6.45) is 11.6. The molecule has 4 nitrogen and oxygen atoms in total. The second kappa shape index (κ2) is 18.4. The first kappa shape index (κ1) is 57.2. The van der Waals surface area contributed by atoms with Crippen LogP contribution in [0.2, 0.25) is 0 Å². The molecule has 0 spiro atoms. The number of anilines is 8. The molecular formula is C84H94BN3O. The third kappa shape index (κ3) is 8.03. The minimum atomic E-state index is -0.219. The van der Waals surface area contributed by atoms with Crippen molar-refractivity contribution in [3.8, 4) is 11.1 Å². The van der Waals surface area contributed by atoms with Gasteiger partial charge in [0.1, 0.15) is 11.2 Å². The van der Waals surface area contributed by atoms with Gasteiger partial charge >= 0.3 is 0 Å². The van der Waals surface area contributed by atoms with Crippen LogP contribution in [0.15, 0.2) is 144 Å². The molecule has 0 radical (unpaired) electrons. The summed E-state index contributed by atoms with van der Waals surface area (Å²) in [4.78, 5) is 8.44. The third-order valence-electron chi connectivity index (χ3n) is 25.2. The van der Waals surface area contributed by atoms with Gasteiger partial charge < -0.3 is 19.1 Å². The number of rotatable bonds is 4. The van der Waals surface area contributed by atoms with Crippen molar-refractivity contribution in [2.75, 3.05) is 14.7 Å². The van der Waals surface area contributed by atoms with Gasteiger partial charge in [-0.1, -0.05) is 196 Å². The molecule has 0 N–H and O–H groups in total. The second-order valence-corrected chi connectivity index (χ2v) is 34.4. The lowest BCUT2D eigenvalue weighted by Gasteiger charge is -2.52. The van der Waals surface area contributed by atoms with Crippen molar-refractivity contribution in [2.24, 2.45) is 0 Å². The molecule has 454 valence electrons. The highest BCUT2D eigenvalue weighted by Gasteiger charge is 2.59. The molecule has 4 heterocycles. The van der Waals surface area contributed by atoms with E-state index in [1.54, 1.807) is 0 Å². The predicted octanol–water partition coefficient (Wildman–Crippen LogP) is 21.4. The van der Waals surface area contributed by atoms with Gasteiger partial charge in [0.25, 0.3) is 6.71 Å². The largest absolute Gasteiger partial charge is 0.456 e. The normalized spacial score (nSPS) is 23.4. The van der Waals surface area contributed by atoms with Crippen molar-refractivity contribution < 1.29 is 4.42 Å². The Morgan fingerprint density at radius 3 is 1.51 bits per heavy atom. The lowest BCUT2D eigenvalue weighted by atomic mass is 9.32. The van der Waals surface area contributed by atoms with Gasteiger partial charge in [-0.05, 0) is 235 Å². The van der Waals surface area contributed by atoms with Crippen molar-refractivity contribution in [1.29, 1.82) is 0 Å². The number of hydrogen-bond acceptors (Lipinski definition) is 4. The molecule has 1 fully saturated rings. The first-order chi connectivity index (χ1) is 41.9. The van der Waals surface area contributed by atoms with Gasteiger partial charge in [0, 0.05) is 50.6 Å². The Morgan fingerprint density at radius 2 is 0.899 bits per heavy atom. The number of fused-ring (bicyclic) bond motifs is 13. The van der Waals surface area contributed by atoms with Crippen LogP contribution < -0.4 is 31.1 Å². The highest BCUT2D eigenvalue weighted by molar-refractivity contribution is 7.00. The molecule has 3 aliphatic heterocycles. The minimum Gasteiger partial charge on any atom is -0.456 e. The van der Waals surface area contributed by atoms with E-state index < -0.39 is 0 Å². The second-order valence-electron chi connectivity index (χ2n) is 34.4. The third-order valence-corrected chi connectivity index (χ3v) is 25.2. The molecule has 16 rings (SSSR count). The van der Waals surface area contributed by atoms with Crippen molar-refractivity contribution in [1.82, 2.24) is 0 Å². The van der Waals surface area contributed by atoms with Gasteiger partial charge in [-0.2, -0.15) is 0 Å². The number of hydrogen-bond donors (Lipinski definition) is 0. The Bertz CT molecular complexity index is 4500. The molecule has 4 aliphatic carbocycles. The van der Waals surface area contributed by atoms with Crippen LogP contribution in [-0.2, 0) is 43.3 Å². The van der Waals surface area contributed by atoms with Crippen molar-refractivity contribution in [3.63, 3.8) is 0 Å². The van der Waals surface area contributed by atoms with Gasteiger partial charge in [0.05, 0.1) is 16.6 Å². The zero-order chi connectivity index (χ0) is 62.3. The van der Waals surface area contributed by atoms with Crippen LogP contribution in [0.3, 0.4) is 0 Å². The number of furan rings is 1. The van der Waals surface area contributed by atoms with Crippen LogP contribution in [0, 0.1) is 0 Å². The number of benzene rings is 8. The lowest BCUT2D eigenvalue weighted by Crippen LogP contribution is -2.62. The average Bonchev–Trinajstić information content (AvgIpc) is 1.53. The Kier molecular flexibility index (Phi) is 11.8. The standard InChI is InChI=1S/C84H94BN3O/c1-76(2,3)53-30-27-51(28-31-53)52-29-34-66-63(43-52)83(16)35-20-21-36-84(83,17)88(66)55-45-70-75-71(46-55)87(67-24-22-26-73-74(67)56-23-18-19-25-72(56)89-73)69-50-62-60(80(10,11)40-42-82(62,14)15)48-65(69)85(75)64-47-59-61(81(12,13)41-39-79(59,8)9)49-68(64)86(70)54-32-33-57-58(44-54)78(6,7)38-37-77(57,4)5/h18-19,22-34,43-50H,20-21,35-42H2,1-17H3. The van der Waals surface area contributed by atoms with E-state index in [0.717, 1.165) is 66.9 Å². The fraction of sp³-hybridized carbons (Fsp3) is 0.429. The van der Waals surface area contributed by atoms with Crippen LogP contribution >= 0.6 is 0 Å². The summed E-state index contributed by atoms with van der Waals surface area (Å²) in [6, 6.07) is 56.6. The Labute approximate surface area is 532 Å². The Balaban J connectivity index is 1.06. The van der Waals surface area contributed by atoms with Gasteiger partial charge in [0.15, 0.2) is 0 Å². The summed E-state index contributed by atoms with van der Waals surface area (Å²) < 4.78 is 6.92. The quantitative estimate of drug-likeness (QED) is 0.164. The maximum absolute atomic E-state index is 6.92. The van der Waals surface area contributed by atoms with E-state index in [-0.39, 0.29) is 55.6 Å². The lowest BCUT2D eigenvalue weighted by molar-refractivity contribution is 0.195. The molecule has 89 heavy (non-hydrogen) atoms. The van der Waals surface area contributed by atoms with E-state index in [0.29, 0.717) is 0 Å². The summed E-state index contributed by atoms with van der Waals surface area (Å²) >= 11 is 0. The molecule has 2 unspecified atom stereocenters. The molecule has 2 atom stereocenters. The maximum atomic E-state index is 6.92. The molecule has 8 aromatic carbocycles. The summed E-state index contributed by atoms with van der Waals surface area (Å²) in [6.45, 7) is 42.3. The van der Waals surface area contributed by atoms with Gasteiger partial charge in [-0.3, -0.25) is 0 Å². The van der Waals surface area contributed by atoms with Crippen LogP contribution in [0.5, 0.6) is 0 Å². The smallest absolute Gasteiger partial charge is 0.252 e. The van der Waals surface area contributed by atoms with E-state index in [2.05, 4.69) is 272 Å². The molecule has 0 saturated heterocycles. The summed E-state index contributed by atoms with van der Waals surface area (Å²) in [7, 11) is 0. The minimum absolute atomic E-state index is 0.00344. The average molecular weight is 1170 g/mol. The topological polar surface area (TPSA) is 22.9 Å². The van der Waals surface area contributed by atoms with E-state index in [1.165, 1.54) is 137 Å². The Morgan fingerprint density at radius 1 is 0.382 bits per heavy atom. The van der Waals surface area contributed by atoms with E-state index in [9.17, 15) is 0 Å². The van der Waals surface area contributed by atoms with E-state index >= 15 is 0 Å². The predicted molar refractivity (Wildman–Crippen MR) is 381 cm³/mol. The zero-order valence-electron chi connectivity index (χ0n) is 56.7.